The Morgan fingerprint density at radius 1 is 1.29 bits per heavy atom. The van der Waals surface area contributed by atoms with Crippen molar-refractivity contribution in [3.05, 3.63) is 0 Å². The van der Waals surface area contributed by atoms with Gasteiger partial charge in [0.2, 0.25) is 0 Å². The molecule has 1 heterocycles. The maximum Gasteiger partial charge on any atom is 0.390 e. The van der Waals surface area contributed by atoms with Crippen LogP contribution in [0.25, 0.3) is 0 Å². The van der Waals surface area contributed by atoms with Crippen LogP contribution in [0.5, 0.6) is 0 Å². The minimum Gasteiger partial charge on any atom is -0.381 e. The first-order valence-electron chi connectivity index (χ1n) is 6.55. The van der Waals surface area contributed by atoms with E-state index in [1.165, 1.54) is 0 Å². The Bertz CT molecular complexity index is 323. The third-order valence-electron chi connectivity index (χ3n) is 3.34. The molecule has 0 bridgehead atoms. The number of alkyl halides is 3. The number of nitrogens with one attached hydrogen (secondary N) is 2. The Balaban J connectivity index is 0.00000400. The molecule has 0 saturated carbocycles. The third kappa shape index (κ3) is 8.34. The summed E-state index contributed by atoms with van der Waals surface area (Å²) in [5, 5.41) is 5.80. The molecular weight excluding hydrogens is 418 g/mol. The van der Waals surface area contributed by atoms with Crippen LogP contribution in [0.4, 0.5) is 13.2 Å². The first-order valence-corrected chi connectivity index (χ1v) is 7.77. The Hall–Kier alpha value is 0.1000. The van der Waals surface area contributed by atoms with Crippen LogP contribution in [0, 0.1) is 0 Å². The van der Waals surface area contributed by atoms with Crippen molar-refractivity contribution in [3.63, 3.8) is 0 Å². The maximum absolute atomic E-state index is 12.1. The molecule has 1 aliphatic heterocycles. The van der Waals surface area contributed by atoms with Gasteiger partial charge in [0.1, 0.15) is 0 Å². The van der Waals surface area contributed by atoms with Crippen molar-refractivity contribution in [3.8, 4) is 0 Å². The Morgan fingerprint density at radius 3 is 2.38 bits per heavy atom. The fraction of sp³-hybridized carbons (Fsp3) is 0.917. The molecule has 0 radical (unpaired) electrons. The summed E-state index contributed by atoms with van der Waals surface area (Å²) in [7, 11) is 1.55. The lowest BCUT2D eigenvalue weighted by molar-refractivity contribution is -0.132. The molecule has 1 rings (SSSR count). The standard InChI is InChI=1S/C12H22F3N3OS.HI/c1-16-10(17-6-3-12(13,14)15)18-9-11(20-2)4-7-19-8-5-11;/h3-9H2,1-2H3,(H2,16,17,18);1H. The van der Waals surface area contributed by atoms with Crippen LogP contribution < -0.4 is 10.6 Å². The third-order valence-corrected chi connectivity index (χ3v) is 4.76. The summed E-state index contributed by atoms with van der Waals surface area (Å²) in [4.78, 5) is 3.94. The highest BCUT2D eigenvalue weighted by molar-refractivity contribution is 14.0. The topological polar surface area (TPSA) is 45.7 Å². The van der Waals surface area contributed by atoms with Crippen molar-refractivity contribution in [2.75, 3.05) is 39.6 Å². The molecule has 0 aromatic heterocycles. The number of nitrogens with zero attached hydrogens (tertiary/aromatic N) is 1. The van der Waals surface area contributed by atoms with Gasteiger partial charge in [0.15, 0.2) is 5.96 Å². The highest BCUT2D eigenvalue weighted by atomic mass is 127. The van der Waals surface area contributed by atoms with Gasteiger partial charge in [-0.15, -0.1) is 24.0 Å². The van der Waals surface area contributed by atoms with E-state index in [-0.39, 0.29) is 35.3 Å². The zero-order valence-corrected chi connectivity index (χ0v) is 15.4. The molecule has 1 aliphatic rings. The largest absolute Gasteiger partial charge is 0.390 e. The molecule has 1 saturated heterocycles. The van der Waals surface area contributed by atoms with Crippen molar-refractivity contribution >= 4 is 41.7 Å². The van der Waals surface area contributed by atoms with E-state index in [1.54, 1.807) is 18.8 Å². The molecule has 0 aromatic rings. The summed E-state index contributed by atoms with van der Waals surface area (Å²) in [5.41, 5.74) is 0. The van der Waals surface area contributed by atoms with Crippen molar-refractivity contribution < 1.29 is 17.9 Å². The van der Waals surface area contributed by atoms with Gasteiger partial charge in [-0.2, -0.15) is 24.9 Å². The van der Waals surface area contributed by atoms with Crippen molar-refractivity contribution in [2.24, 2.45) is 4.99 Å². The van der Waals surface area contributed by atoms with Gasteiger partial charge in [-0.1, -0.05) is 0 Å². The van der Waals surface area contributed by atoms with E-state index in [4.69, 9.17) is 4.74 Å². The molecule has 4 nitrogen and oxygen atoms in total. The van der Waals surface area contributed by atoms with Crippen LogP contribution >= 0.6 is 35.7 Å². The number of thioether (sulfide) groups is 1. The average molecular weight is 441 g/mol. The number of guanidine groups is 1. The van der Waals surface area contributed by atoms with Crippen LogP contribution in [0.15, 0.2) is 4.99 Å². The van der Waals surface area contributed by atoms with Gasteiger partial charge < -0.3 is 15.4 Å². The molecule has 0 unspecified atom stereocenters. The van der Waals surface area contributed by atoms with Crippen molar-refractivity contribution in [1.29, 1.82) is 0 Å². The normalized spacial score (nSPS) is 18.8. The summed E-state index contributed by atoms with van der Waals surface area (Å²) in [5.74, 6) is 0.411. The van der Waals surface area contributed by atoms with Gasteiger partial charge in [0.05, 0.1) is 6.42 Å². The van der Waals surface area contributed by atoms with Crippen LogP contribution in [-0.4, -0.2) is 56.5 Å². The lowest BCUT2D eigenvalue weighted by atomic mass is 9.99. The first-order chi connectivity index (χ1) is 9.41. The van der Waals surface area contributed by atoms with Crippen LogP contribution in [0.1, 0.15) is 19.3 Å². The van der Waals surface area contributed by atoms with E-state index >= 15 is 0 Å². The van der Waals surface area contributed by atoms with Gasteiger partial charge >= 0.3 is 6.18 Å². The maximum atomic E-state index is 12.1. The predicted molar refractivity (Wildman–Crippen MR) is 91.8 cm³/mol. The molecule has 0 amide bonds. The molecule has 126 valence electrons. The fourth-order valence-corrected chi connectivity index (χ4v) is 2.78. The molecular formula is C12H23F3IN3OS. The number of rotatable bonds is 5. The molecule has 0 spiro atoms. The first kappa shape index (κ1) is 21.1. The number of hydrogen-bond donors (Lipinski definition) is 2. The van der Waals surface area contributed by atoms with E-state index in [1.807, 2.05) is 6.26 Å². The predicted octanol–water partition coefficient (Wildman–Crippen LogP) is 2.63. The summed E-state index contributed by atoms with van der Waals surface area (Å²) < 4.78 is 41.7. The Kier molecular flexibility index (Phi) is 10.0. The summed E-state index contributed by atoms with van der Waals surface area (Å²) in [6.45, 7) is 1.95. The van der Waals surface area contributed by atoms with E-state index in [0.717, 1.165) is 26.1 Å². The lowest BCUT2D eigenvalue weighted by Gasteiger charge is -2.36. The van der Waals surface area contributed by atoms with Crippen LogP contribution in [0.2, 0.25) is 0 Å². The Morgan fingerprint density at radius 2 is 1.90 bits per heavy atom. The van der Waals surface area contributed by atoms with Gasteiger partial charge in [0, 0.05) is 38.1 Å². The fourth-order valence-electron chi connectivity index (χ4n) is 1.98. The molecule has 9 heteroatoms. The summed E-state index contributed by atoms with van der Waals surface area (Å²) >= 11 is 1.77. The molecule has 21 heavy (non-hydrogen) atoms. The van der Waals surface area contributed by atoms with E-state index in [9.17, 15) is 13.2 Å². The monoisotopic (exact) mass is 441 g/mol. The minimum absolute atomic E-state index is 0. The van der Waals surface area contributed by atoms with Gasteiger partial charge in [-0.05, 0) is 19.1 Å². The van der Waals surface area contributed by atoms with Crippen LogP contribution in [-0.2, 0) is 4.74 Å². The second-order valence-electron chi connectivity index (χ2n) is 4.72. The van der Waals surface area contributed by atoms with Gasteiger partial charge in [-0.25, -0.2) is 0 Å². The van der Waals surface area contributed by atoms with E-state index < -0.39 is 12.6 Å². The molecule has 2 N–H and O–H groups in total. The summed E-state index contributed by atoms with van der Waals surface area (Å²) in [6.07, 6.45) is -1.10. The number of halogens is 4. The summed E-state index contributed by atoms with van der Waals surface area (Å²) in [6, 6.07) is 0. The van der Waals surface area contributed by atoms with Crippen molar-refractivity contribution in [2.45, 2.75) is 30.2 Å². The number of aliphatic imine (C=N–C) groups is 1. The smallest absolute Gasteiger partial charge is 0.381 e. The van der Waals surface area contributed by atoms with E-state index in [2.05, 4.69) is 15.6 Å². The van der Waals surface area contributed by atoms with Gasteiger partial charge in [-0.3, -0.25) is 4.99 Å². The lowest BCUT2D eigenvalue weighted by Crippen LogP contribution is -2.48. The van der Waals surface area contributed by atoms with Crippen LogP contribution in [0.3, 0.4) is 0 Å². The molecule has 0 aromatic carbocycles. The minimum atomic E-state index is -4.15. The molecule has 0 atom stereocenters. The molecule has 0 aliphatic carbocycles. The van der Waals surface area contributed by atoms with Crippen molar-refractivity contribution in [1.82, 2.24) is 10.6 Å². The van der Waals surface area contributed by atoms with E-state index in [0.29, 0.717) is 12.5 Å². The zero-order valence-electron chi connectivity index (χ0n) is 12.3. The second-order valence-corrected chi connectivity index (χ2v) is 5.99. The second kappa shape index (κ2) is 9.98. The highest BCUT2D eigenvalue weighted by Crippen LogP contribution is 2.32. The Labute approximate surface area is 145 Å². The highest BCUT2D eigenvalue weighted by Gasteiger charge is 2.32. The number of hydrogen-bond acceptors (Lipinski definition) is 3. The average Bonchev–Trinajstić information content (AvgIpc) is 2.42. The zero-order chi connectivity index (χ0) is 15.1. The SMILES string of the molecule is CN=C(NCCC(F)(F)F)NCC1(SC)CCOCC1.I. The quantitative estimate of drug-likeness (QED) is 0.391. The molecule has 1 fully saturated rings. The van der Waals surface area contributed by atoms with Gasteiger partial charge in [0.25, 0.3) is 0 Å². The number of ether oxygens (including phenoxy) is 1.